The van der Waals surface area contributed by atoms with Crippen LogP contribution in [0.5, 0.6) is 0 Å². The van der Waals surface area contributed by atoms with E-state index in [4.69, 9.17) is 17.3 Å². The van der Waals surface area contributed by atoms with Crippen molar-refractivity contribution in [3.63, 3.8) is 0 Å². The first-order valence-electron chi connectivity index (χ1n) is 10.6. The molecule has 8 heteroatoms. The van der Waals surface area contributed by atoms with Crippen molar-refractivity contribution >= 4 is 45.2 Å². The number of nitrogens with one attached hydrogen (secondary N) is 1. The quantitative estimate of drug-likeness (QED) is 0.433. The number of nitrogens with two attached hydrogens (primary N) is 1. The summed E-state index contributed by atoms with van der Waals surface area (Å²) < 4.78 is 2.11. The summed E-state index contributed by atoms with van der Waals surface area (Å²) in [4.78, 5) is 13.1. The summed E-state index contributed by atoms with van der Waals surface area (Å²) in [6, 6.07) is 10.1. The highest BCUT2D eigenvalue weighted by Gasteiger charge is 2.34. The molecule has 4 N–H and O–H groups in total. The van der Waals surface area contributed by atoms with Gasteiger partial charge in [-0.3, -0.25) is 0 Å². The second kappa shape index (κ2) is 7.98. The maximum atomic E-state index is 10.8. The lowest BCUT2D eigenvalue weighted by atomic mass is 9.97. The van der Waals surface area contributed by atoms with Crippen LogP contribution in [-0.4, -0.2) is 37.8 Å². The van der Waals surface area contributed by atoms with E-state index in [9.17, 15) is 5.11 Å². The van der Waals surface area contributed by atoms with Gasteiger partial charge in [0.2, 0.25) is 0 Å². The number of hydrogen-bond donors (Lipinski definition) is 3. The Hall–Kier alpha value is -2.90. The number of aromatic nitrogens is 4. The van der Waals surface area contributed by atoms with E-state index in [0.29, 0.717) is 16.8 Å². The van der Waals surface area contributed by atoms with Crippen LogP contribution in [0.1, 0.15) is 30.9 Å². The van der Waals surface area contributed by atoms with Gasteiger partial charge in [-0.1, -0.05) is 23.7 Å². The van der Waals surface area contributed by atoms with Crippen LogP contribution in [0.3, 0.4) is 0 Å². The molecule has 3 aromatic heterocycles. The van der Waals surface area contributed by atoms with Crippen LogP contribution < -0.4 is 11.1 Å². The van der Waals surface area contributed by atoms with Gasteiger partial charge < -0.3 is 20.7 Å². The fraction of sp³-hybridized carbons (Fsp3) is 0.348. The molecule has 1 aliphatic carbocycles. The van der Waals surface area contributed by atoms with Crippen molar-refractivity contribution in [2.45, 2.75) is 37.8 Å². The van der Waals surface area contributed by atoms with Crippen molar-refractivity contribution < 1.29 is 5.11 Å². The Balaban J connectivity index is 1.30. The lowest BCUT2D eigenvalue weighted by Crippen LogP contribution is -2.17. The molecule has 1 fully saturated rings. The fourth-order valence-corrected chi connectivity index (χ4v) is 4.95. The molecular weight excluding hydrogens is 412 g/mol. The summed E-state index contributed by atoms with van der Waals surface area (Å²) in [5.74, 6) is 1.61. The van der Waals surface area contributed by atoms with Crippen molar-refractivity contribution in [2.75, 3.05) is 18.1 Å². The molecule has 0 radical (unpaired) electrons. The number of nitrogen functional groups attached to an aromatic ring is 1. The lowest BCUT2D eigenvalue weighted by Gasteiger charge is -2.17. The summed E-state index contributed by atoms with van der Waals surface area (Å²) in [5.41, 5.74) is 8.80. The number of pyridine rings is 1. The first-order chi connectivity index (χ1) is 15.0. The maximum Gasteiger partial charge on any atom is 0.145 e. The molecule has 160 valence electrons. The average molecular weight is 437 g/mol. The van der Waals surface area contributed by atoms with Gasteiger partial charge in [0.15, 0.2) is 0 Å². The molecule has 0 spiro atoms. The molecule has 3 heterocycles. The standard InChI is InChI=1S/C23H25ClN6O/c1-26-22-16-6-7-30(23(16)28-12-27-22)19-9-14(10-20(19)31)3-2-13-4-5-15-11-17(24)21(25)29-18(15)8-13/h4-8,11-12,14,19-20,31H,2-3,9-10H2,1H3,(H2,25,29)(H,26,27,28)/t14-,19+,20+/m0/s1. The van der Waals surface area contributed by atoms with Gasteiger partial charge in [-0.25, -0.2) is 15.0 Å². The van der Waals surface area contributed by atoms with Gasteiger partial charge in [0.25, 0.3) is 0 Å². The average Bonchev–Trinajstić information content (AvgIpc) is 3.36. The lowest BCUT2D eigenvalue weighted by molar-refractivity contribution is 0.136. The molecule has 0 unspecified atom stereocenters. The third-order valence-electron chi connectivity index (χ3n) is 6.40. The molecule has 5 rings (SSSR count). The highest BCUT2D eigenvalue weighted by molar-refractivity contribution is 6.33. The minimum absolute atomic E-state index is 0.0299. The second-order valence-corrected chi connectivity index (χ2v) is 8.73. The fourth-order valence-electron chi connectivity index (χ4n) is 4.79. The van der Waals surface area contributed by atoms with Crippen molar-refractivity contribution in [1.82, 2.24) is 19.5 Å². The molecule has 0 aliphatic heterocycles. The molecule has 31 heavy (non-hydrogen) atoms. The number of anilines is 2. The number of halogens is 1. The number of hydrogen-bond acceptors (Lipinski definition) is 6. The molecular formula is C23H25ClN6O. The van der Waals surface area contributed by atoms with Crippen molar-refractivity contribution in [2.24, 2.45) is 5.92 Å². The molecule has 1 aromatic carbocycles. The van der Waals surface area contributed by atoms with Gasteiger partial charge in [-0.15, -0.1) is 0 Å². The molecule has 3 atom stereocenters. The molecule has 1 aliphatic rings. The van der Waals surface area contributed by atoms with Gasteiger partial charge >= 0.3 is 0 Å². The summed E-state index contributed by atoms with van der Waals surface area (Å²) >= 11 is 6.07. The van der Waals surface area contributed by atoms with Crippen LogP contribution in [0.4, 0.5) is 11.6 Å². The predicted molar refractivity (Wildman–Crippen MR) is 124 cm³/mol. The molecule has 0 saturated heterocycles. The maximum absolute atomic E-state index is 10.8. The van der Waals surface area contributed by atoms with Crippen LogP contribution in [0, 0.1) is 5.92 Å². The normalized spacial score (nSPS) is 21.2. The van der Waals surface area contributed by atoms with E-state index < -0.39 is 0 Å². The number of aryl methyl sites for hydroxylation is 1. The van der Waals surface area contributed by atoms with E-state index in [1.807, 2.05) is 31.4 Å². The molecule has 4 aromatic rings. The number of nitrogens with zero attached hydrogens (tertiary/aromatic N) is 4. The smallest absolute Gasteiger partial charge is 0.145 e. The second-order valence-electron chi connectivity index (χ2n) is 8.33. The Morgan fingerprint density at radius 1 is 1.23 bits per heavy atom. The molecule has 7 nitrogen and oxygen atoms in total. The first kappa shape index (κ1) is 20.0. The van der Waals surface area contributed by atoms with Gasteiger partial charge in [-0.2, -0.15) is 0 Å². The van der Waals surface area contributed by atoms with E-state index in [2.05, 4.69) is 37.0 Å². The predicted octanol–water partition coefficient (Wildman–Crippen LogP) is 4.20. The van der Waals surface area contributed by atoms with E-state index in [0.717, 1.165) is 53.4 Å². The Labute approximate surface area is 185 Å². The Morgan fingerprint density at radius 2 is 2.10 bits per heavy atom. The largest absolute Gasteiger partial charge is 0.391 e. The van der Waals surface area contributed by atoms with Gasteiger partial charge in [-0.05, 0) is 55.4 Å². The zero-order chi connectivity index (χ0) is 21.5. The minimum Gasteiger partial charge on any atom is -0.391 e. The highest BCUT2D eigenvalue weighted by atomic mass is 35.5. The van der Waals surface area contributed by atoms with Crippen LogP contribution in [0.25, 0.3) is 21.9 Å². The third-order valence-corrected chi connectivity index (χ3v) is 6.70. The first-order valence-corrected chi connectivity index (χ1v) is 10.9. The summed E-state index contributed by atoms with van der Waals surface area (Å²) in [6.45, 7) is 0. The topological polar surface area (TPSA) is 102 Å². The minimum atomic E-state index is -0.381. The molecule has 1 saturated carbocycles. The van der Waals surface area contributed by atoms with Crippen molar-refractivity contribution in [3.8, 4) is 0 Å². The van der Waals surface area contributed by atoms with E-state index in [1.165, 1.54) is 5.56 Å². The monoisotopic (exact) mass is 436 g/mol. The Bertz CT molecular complexity index is 1260. The summed E-state index contributed by atoms with van der Waals surface area (Å²) in [5, 5.41) is 16.3. The van der Waals surface area contributed by atoms with Gasteiger partial charge in [0, 0.05) is 18.6 Å². The number of rotatable bonds is 5. The van der Waals surface area contributed by atoms with E-state index in [-0.39, 0.29) is 12.1 Å². The summed E-state index contributed by atoms with van der Waals surface area (Å²) in [7, 11) is 1.85. The third kappa shape index (κ3) is 3.68. The van der Waals surface area contributed by atoms with Crippen LogP contribution in [-0.2, 0) is 6.42 Å². The number of aliphatic hydroxyl groups excluding tert-OH is 1. The van der Waals surface area contributed by atoms with Gasteiger partial charge in [0.1, 0.15) is 23.6 Å². The van der Waals surface area contributed by atoms with E-state index in [1.54, 1.807) is 6.33 Å². The Kier molecular flexibility index (Phi) is 5.16. The van der Waals surface area contributed by atoms with E-state index >= 15 is 0 Å². The molecule has 0 amide bonds. The number of fused-ring (bicyclic) bond motifs is 2. The zero-order valence-electron chi connectivity index (χ0n) is 17.3. The zero-order valence-corrected chi connectivity index (χ0v) is 18.0. The number of aliphatic hydroxyl groups is 1. The van der Waals surface area contributed by atoms with Crippen molar-refractivity contribution in [3.05, 3.63) is 53.4 Å². The molecule has 0 bridgehead atoms. The van der Waals surface area contributed by atoms with Crippen LogP contribution in [0.2, 0.25) is 5.02 Å². The van der Waals surface area contributed by atoms with Crippen LogP contribution in [0.15, 0.2) is 42.9 Å². The summed E-state index contributed by atoms with van der Waals surface area (Å²) in [6.07, 6.45) is 6.87. The highest BCUT2D eigenvalue weighted by Crippen LogP contribution is 2.39. The SMILES string of the molecule is CNc1ncnc2c1ccn2[C@@H]1C[C@H](CCc2ccc3cc(Cl)c(N)nc3c2)C[C@H]1O. The van der Waals surface area contributed by atoms with Crippen LogP contribution >= 0.6 is 11.6 Å². The Morgan fingerprint density at radius 3 is 2.94 bits per heavy atom. The number of benzene rings is 1. The van der Waals surface area contributed by atoms with Gasteiger partial charge in [0.05, 0.1) is 28.1 Å². The van der Waals surface area contributed by atoms with Crippen molar-refractivity contribution in [1.29, 1.82) is 0 Å².